The fourth-order valence-electron chi connectivity index (χ4n) is 1.48. The van der Waals surface area contributed by atoms with E-state index in [1.807, 2.05) is 31.2 Å². The number of hydrogen-bond acceptors (Lipinski definition) is 2. The van der Waals surface area contributed by atoms with Crippen LogP contribution < -0.4 is 5.43 Å². The van der Waals surface area contributed by atoms with Crippen molar-refractivity contribution in [2.24, 2.45) is 0 Å². The van der Waals surface area contributed by atoms with Gasteiger partial charge in [-0.25, -0.2) is 0 Å². The van der Waals surface area contributed by atoms with E-state index in [0.717, 1.165) is 22.9 Å². The summed E-state index contributed by atoms with van der Waals surface area (Å²) in [7, 11) is 0. The minimum Gasteiger partial charge on any atom is -0.290 e. The van der Waals surface area contributed by atoms with Crippen LogP contribution in [0.1, 0.15) is 12.5 Å². The van der Waals surface area contributed by atoms with Crippen molar-refractivity contribution >= 4 is 10.9 Å². The van der Waals surface area contributed by atoms with E-state index in [4.69, 9.17) is 0 Å². The predicted molar refractivity (Wildman–Crippen MR) is 57.4 cm³/mol. The number of hydrogen-bond donors (Lipinski definition) is 0. The zero-order valence-electron chi connectivity index (χ0n) is 8.03. The van der Waals surface area contributed by atoms with Crippen molar-refractivity contribution < 1.29 is 0 Å². The van der Waals surface area contributed by atoms with Crippen molar-refractivity contribution in [1.29, 1.82) is 0 Å². The van der Waals surface area contributed by atoms with Crippen molar-refractivity contribution in [3.63, 3.8) is 0 Å². The summed E-state index contributed by atoms with van der Waals surface area (Å²) in [5.41, 5.74) is 1.79. The summed E-state index contributed by atoms with van der Waals surface area (Å²) >= 11 is 0. The third-order valence-corrected chi connectivity index (χ3v) is 2.29. The first-order valence-electron chi connectivity index (χ1n) is 4.69. The summed E-state index contributed by atoms with van der Waals surface area (Å²) in [6.45, 7) is 1.98. The summed E-state index contributed by atoms with van der Waals surface area (Å²) in [5.74, 6) is 0. The molecule has 2 rings (SSSR count). The van der Waals surface area contributed by atoms with Crippen LogP contribution in [-0.2, 0) is 6.42 Å². The minimum absolute atomic E-state index is 0.0884. The van der Waals surface area contributed by atoms with Gasteiger partial charge in [-0.15, -0.1) is 0 Å². The normalized spacial score (nSPS) is 10.4. The van der Waals surface area contributed by atoms with Gasteiger partial charge in [-0.05, 0) is 30.7 Å². The molecule has 0 N–H and O–H groups in total. The maximum Gasteiger partial charge on any atom is 0.181 e. The van der Waals surface area contributed by atoms with Crippen LogP contribution >= 0.6 is 0 Å². The van der Waals surface area contributed by atoms with E-state index in [1.165, 1.54) is 0 Å². The second-order valence-corrected chi connectivity index (χ2v) is 3.20. The first kappa shape index (κ1) is 8.88. The SMILES string of the molecule is CCc1cc2ncccc2ccc1=O. The molecule has 0 radical (unpaired) electrons. The Labute approximate surface area is 82.2 Å². The van der Waals surface area contributed by atoms with Crippen LogP contribution in [-0.4, -0.2) is 4.98 Å². The Bertz CT molecular complexity index is 520. The first-order chi connectivity index (χ1) is 6.81. The van der Waals surface area contributed by atoms with Crippen molar-refractivity contribution in [2.75, 3.05) is 0 Å². The number of aryl methyl sites for hydroxylation is 1. The number of pyridine rings is 1. The van der Waals surface area contributed by atoms with E-state index in [-0.39, 0.29) is 5.43 Å². The van der Waals surface area contributed by atoms with Crippen molar-refractivity contribution in [2.45, 2.75) is 13.3 Å². The van der Waals surface area contributed by atoms with Crippen LogP contribution in [0, 0.1) is 0 Å². The molecule has 0 aliphatic carbocycles. The Morgan fingerprint density at radius 1 is 1.29 bits per heavy atom. The lowest BCUT2D eigenvalue weighted by Gasteiger charge is -1.90. The highest BCUT2D eigenvalue weighted by atomic mass is 16.1. The van der Waals surface area contributed by atoms with Gasteiger partial charge >= 0.3 is 0 Å². The molecule has 0 unspecified atom stereocenters. The van der Waals surface area contributed by atoms with Gasteiger partial charge in [0.2, 0.25) is 0 Å². The van der Waals surface area contributed by atoms with E-state index in [2.05, 4.69) is 4.98 Å². The van der Waals surface area contributed by atoms with Crippen molar-refractivity contribution in [1.82, 2.24) is 4.98 Å². The van der Waals surface area contributed by atoms with Gasteiger partial charge in [-0.1, -0.05) is 13.0 Å². The summed E-state index contributed by atoms with van der Waals surface area (Å²) < 4.78 is 0. The van der Waals surface area contributed by atoms with Gasteiger partial charge in [0.1, 0.15) is 0 Å². The van der Waals surface area contributed by atoms with E-state index in [0.29, 0.717) is 0 Å². The summed E-state index contributed by atoms with van der Waals surface area (Å²) in [6.07, 6.45) is 2.49. The van der Waals surface area contributed by atoms with Gasteiger partial charge < -0.3 is 0 Å². The van der Waals surface area contributed by atoms with E-state index < -0.39 is 0 Å². The molecule has 14 heavy (non-hydrogen) atoms. The van der Waals surface area contributed by atoms with E-state index >= 15 is 0 Å². The van der Waals surface area contributed by atoms with Crippen LogP contribution in [0.3, 0.4) is 0 Å². The van der Waals surface area contributed by atoms with Crippen LogP contribution in [0.25, 0.3) is 10.9 Å². The van der Waals surface area contributed by atoms with Gasteiger partial charge in [0.05, 0.1) is 5.52 Å². The number of aromatic nitrogens is 1. The average Bonchev–Trinajstić information content (AvgIpc) is 2.38. The molecule has 0 saturated heterocycles. The molecule has 0 spiro atoms. The molecular weight excluding hydrogens is 174 g/mol. The smallest absolute Gasteiger partial charge is 0.181 e. The van der Waals surface area contributed by atoms with Crippen LogP contribution in [0.5, 0.6) is 0 Å². The third-order valence-electron chi connectivity index (χ3n) is 2.29. The molecule has 0 saturated carbocycles. The molecule has 2 heteroatoms. The molecule has 0 aliphatic rings. The van der Waals surface area contributed by atoms with Crippen LogP contribution in [0.4, 0.5) is 0 Å². The highest BCUT2D eigenvalue weighted by Crippen LogP contribution is 2.08. The summed E-state index contributed by atoms with van der Waals surface area (Å²) in [5, 5.41) is 1.00. The standard InChI is InChI=1S/C12H11NO/c1-2-9-8-11-10(4-3-7-13-11)5-6-12(9)14/h3-8H,2H2,1H3. The Morgan fingerprint density at radius 2 is 2.14 bits per heavy atom. The molecule has 1 aromatic heterocycles. The largest absolute Gasteiger partial charge is 0.290 e. The van der Waals surface area contributed by atoms with Gasteiger partial charge in [-0.3, -0.25) is 9.78 Å². The zero-order chi connectivity index (χ0) is 9.97. The summed E-state index contributed by atoms with van der Waals surface area (Å²) in [4.78, 5) is 15.8. The van der Waals surface area contributed by atoms with Gasteiger partial charge in [-0.2, -0.15) is 0 Å². The lowest BCUT2D eigenvalue weighted by Crippen LogP contribution is -2.01. The topological polar surface area (TPSA) is 30.0 Å². The van der Waals surface area contributed by atoms with Crippen molar-refractivity contribution in [3.05, 3.63) is 52.3 Å². The van der Waals surface area contributed by atoms with Crippen molar-refractivity contribution in [3.8, 4) is 0 Å². The Kier molecular flexibility index (Phi) is 2.27. The number of fused-ring (bicyclic) bond motifs is 1. The lowest BCUT2D eigenvalue weighted by molar-refractivity contribution is 1.13. The first-order valence-corrected chi connectivity index (χ1v) is 4.69. The molecule has 0 amide bonds. The Morgan fingerprint density at radius 3 is 2.93 bits per heavy atom. The number of nitrogens with zero attached hydrogens (tertiary/aromatic N) is 1. The second kappa shape index (κ2) is 3.58. The Balaban J connectivity index is 2.88. The summed E-state index contributed by atoms with van der Waals surface area (Å²) in [6, 6.07) is 9.14. The molecule has 1 aromatic carbocycles. The van der Waals surface area contributed by atoms with Gasteiger partial charge in [0.25, 0.3) is 0 Å². The van der Waals surface area contributed by atoms with Gasteiger partial charge in [0.15, 0.2) is 5.43 Å². The lowest BCUT2D eigenvalue weighted by atomic mass is 10.2. The highest BCUT2D eigenvalue weighted by molar-refractivity contribution is 5.77. The molecular formula is C12H11NO. The van der Waals surface area contributed by atoms with Crippen LogP contribution in [0.2, 0.25) is 0 Å². The monoisotopic (exact) mass is 185 g/mol. The molecule has 2 nitrogen and oxygen atoms in total. The van der Waals surface area contributed by atoms with E-state index in [9.17, 15) is 4.79 Å². The molecule has 2 aromatic rings. The average molecular weight is 185 g/mol. The maximum atomic E-state index is 11.5. The van der Waals surface area contributed by atoms with E-state index in [1.54, 1.807) is 12.3 Å². The van der Waals surface area contributed by atoms with Crippen LogP contribution in [0.15, 0.2) is 41.3 Å². The third kappa shape index (κ3) is 1.51. The second-order valence-electron chi connectivity index (χ2n) is 3.20. The van der Waals surface area contributed by atoms with Gasteiger partial charge in [0, 0.05) is 17.1 Å². The fourth-order valence-corrected chi connectivity index (χ4v) is 1.48. The predicted octanol–water partition coefficient (Wildman–Crippen LogP) is 2.16. The Hall–Kier alpha value is -1.70. The zero-order valence-corrected chi connectivity index (χ0v) is 8.03. The quantitative estimate of drug-likeness (QED) is 0.681. The molecule has 0 atom stereocenters. The highest BCUT2D eigenvalue weighted by Gasteiger charge is 1.97. The molecule has 0 bridgehead atoms. The molecule has 0 aliphatic heterocycles. The maximum absolute atomic E-state index is 11.5. The minimum atomic E-state index is 0.0884. The fraction of sp³-hybridized carbons (Fsp3) is 0.167. The molecule has 70 valence electrons. The number of rotatable bonds is 1. The molecule has 0 fully saturated rings. The molecule has 1 heterocycles.